The second kappa shape index (κ2) is 5.75. The molecule has 1 aliphatic heterocycles. The van der Waals surface area contributed by atoms with E-state index in [0.29, 0.717) is 12.2 Å². The molecule has 4 N–H and O–H groups in total. The number of carbonyl (C=O) groups excluding carboxylic acids is 1. The first-order chi connectivity index (χ1) is 9.75. The Kier molecular flexibility index (Phi) is 4.36. The number of primary sulfonamides is 1. The van der Waals surface area contributed by atoms with Crippen LogP contribution in [0.25, 0.3) is 0 Å². The summed E-state index contributed by atoms with van der Waals surface area (Å²) < 4.78 is 22.7. The number of rotatable bonds is 4. The first-order valence-corrected chi connectivity index (χ1v) is 8.45. The average molecular weight is 311 g/mol. The number of amides is 1. The lowest BCUT2D eigenvalue weighted by Crippen LogP contribution is -2.42. The summed E-state index contributed by atoms with van der Waals surface area (Å²) in [5.74, 6) is 0.1000. The van der Waals surface area contributed by atoms with Crippen LogP contribution in [-0.2, 0) is 14.8 Å². The molecule has 1 unspecified atom stereocenters. The highest BCUT2D eigenvalue weighted by Crippen LogP contribution is 2.35. The summed E-state index contributed by atoms with van der Waals surface area (Å²) in [6, 6.07) is 6.00. The van der Waals surface area contributed by atoms with Crippen molar-refractivity contribution in [3.63, 3.8) is 0 Å². The smallest absolute Gasteiger partial charge is 0.238 e. The van der Waals surface area contributed by atoms with Gasteiger partial charge in [0, 0.05) is 12.2 Å². The van der Waals surface area contributed by atoms with Crippen LogP contribution in [0.3, 0.4) is 0 Å². The maximum absolute atomic E-state index is 12.6. The Morgan fingerprint density at radius 1 is 1.43 bits per heavy atom. The molecule has 21 heavy (non-hydrogen) atoms. The fraction of sp³-hybridized carbons (Fsp3) is 0.500. The minimum atomic E-state index is -3.78. The van der Waals surface area contributed by atoms with E-state index in [1.165, 1.54) is 12.1 Å². The third-order valence-corrected chi connectivity index (χ3v) is 5.08. The van der Waals surface area contributed by atoms with Gasteiger partial charge in [-0.05, 0) is 37.1 Å². The van der Waals surface area contributed by atoms with Gasteiger partial charge in [0.15, 0.2) is 0 Å². The van der Waals surface area contributed by atoms with E-state index in [9.17, 15) is 13.2 Å². The Balaban J connectivity index is 2.24. The molecule has 1 amide bonds. The van der Waals surface area contributed by atoms with E-state index < -0.39 is 15.4 Å². The first kappa shape index (κ1) is 15.9. The van der Waals surface area contributed by atoms with Gasteiger partial charge in [0.05, 0.1) is 10.3 Å². The molecule has 6 nitrogen and oxygen atoms in total. The van der Waals surface area contributed by atoms with Gasteiger partial charge in [-0.25, -0.2) is 13.6 Å². The van der Waals surface area contributed by atoms with Gasteiger partial charge in [-0.3, -0.25) is 4.79 Å². The number of anilines is 1. The summed E-state index contributed by atoms with van der Waals surface area (Å²) in [4.78, 5) is 12.6. The van der Waals surface area contributed by atoms with Crippen LogP contribution in [0.1, 0.15) is 20.3 Å². The van der Waals surface area contributed by atoms with E-state index >= 15 is 0 Å². The predicted molar refractivity (Wildman–Crippen MR) is 81.2 cm³/mol. The van der Waals surface area contributed by atoms with Crippen molar-refractivity contribution in [2.24, 2.45) is 16.5 Å². The summed E-state index contributed by atoms with van der Waals surface area (Å²) in [6.07, 6.45) is 0.769. The largest absolute Gasteiger partial charge is 0.326 e. The molecule has 1 heterocycles. The van der Waals surface area contributed by atoms with Gasteiger partial charge >= 0.3 is 0 Å². The van der Waals surface area contributed by atoms with Crippen LogP contribution in [0.4, 0.5) is 5.69 Å². The van der Waals surface area contributed by atoms with Crippen molar-refractivity contribution in [3.8, 4) is 0 Å². The van der Waals surface area contributed by atoms with E-state index in [1.807, 2.05) is 13.8 Å². The van der Waals surface area contributed by atoms with Gasteiger partial charge < -0.3 is 10.6 Å². The second-order valence-electron chi connectivity index (χ2n) is 5.76. The molecule has 1 fully saturated rings. The Morgan fingerprint density at radius 3 is 2.67 bits per heavy atom. The molecule has 1 atom stereocenters. The zero-order valence-electron chi connectivity index (χ0n) is 12.2. The minimum absolute atomic E-state index is 0.0107. The molecule has 0 bridgehead atoms. The fourth-order valence-electron chi connectivity index (χ4n) is 2.67. The zero-order chi connectivity index (χ0) is 15.7. The third kappa shape index (κ3) is 3.25. The summed E-state index contributed by atoms with van der Waals surface area (Å²) in [5.41, 5.74) is -0.0177. The molecule has 1 aromatic carbocycles. The maximum atomic E-state index is 12.6. The number of hydrogen-bond acceptors (Lipinski definition) is 4. The first-order valence-electron chi connectivity index (χ1n) is 6.91. The van der Waals surface area contributed by atoms with Crippen molar-refractivity contribution < 1.29 is 13.2 Å². The predicted octanol–water partition coefficient (Wildman–Crippen LogP) is 0.908. The third-order valence-electron chi connectivity index (χ3n) is 4.17. The van der Waals surface area contributed by atoms with Crippen molar-refractivity contribution in [2.75, 3.05) is 18.4 Å². The summed E-state index contributed by atoms with van der Waals surface area (Å²) in [5, 5.41) is 11.1. The molecule has 2 rings (SSSR count). The lowest BCUT2D eigenvalue weighted by atomic mass is 9.75. The lowest BCUT2D eigenvalue weighted by molar-refractivity contribution is -0.126. The van der Waals surface area contributed by atoms with Gasteiger partial charge in [0.2, 0.25) is 15.9 Å². The fourth-order valence-corrected chi connectivity index (χ4v) is 3.23. The molecule has 116 valence electrons. The summed E-state index contributed by atoms with van der Waals surface area (Å²) in [7, 11) is -3.78. The maximum Gasteiger partial charge on any atom is 0.238 e. The topological polar surface area (TPSA) is 101 Å². The van der Waals surface area contributed by atoms with Crippen LogP contribution in [0.2, 0.25) is 0 Å². The molecule has 7 heteroatoms. The van der Waals surface area contributed by atoms with Gasteiger partial charge in [-0.1, -0.05) is 19.9 Å². The second-order valence-corrected chi connectivity index (χ2v) is 7.33. The Bertz CT molecular complexity index is 635. The van der Waals surface area contributed by atoms with Gasteiger partial charge in [-0.15, -0.1) is 0 Å². The van der Waals surface area contributed by atoms with E-state index in [0.717, 1.165) is 13.0 Å². The molecule has 0 saturated carbocycles. The SMILES string of the molecule is CC(C)C1(C(=O)Nc2cccc(S(N)(=O)=O)c2)CCNC1. The van der Waals surface area contributed by atoms with Crippen molar-refractivity contribution in [1.29, 1.82) is 0 Å². The van der Waals surface area contributed by atoms with Crippen LogP contribution < -0.4 is 15.8 Å². The molecular formula is C14H21N3O3S. The van der Waals surface area contributed by atoms with E-state index in [1.54, 1.807) is 12.1 Å². The van der Waals surface area contributed by atoms with Gasteiger partial charge in [-0.2, -0.15) is 0 Å². The number of nitrogens with one attached hydrogen (secondary N) is 2. The van der Waals surface area contributed by atoms with Gasteiger partial charge in [0.1, 0.15) is 0 Å². The van der Waals surface area contributed by atoms with Crippen LogP contribution in [0.5, 0.6) is 0 Å². The van der Waals surface area contributed by atoms with E-state index in [-0.39, 0.29) is 16.7 Å². The molecule has 1 aromatic rings. The molecule has 0 spiro atoms. The van der Waals surface area contributed by atoms with Crippen molar-refractivity contribution in [3.05, 3.63) is 24.3 Å². The quantitative estimate of drug-likeness (QED) is 0.769. The molecule has 1 aliphatic rings. The molecule has 0 aromatic heterocycles. The Labute approximate surface area is 125 Å². The standard InChI is InChI=1S/C14H21N3O3S/c1-10(2)14(6-7-16-9-14)13(18)17-11-4-3-5-12(8-11)21(15,19)20/h3-5,8,10,16H,6-7,9H2,1-2H3,(H,17,18)(H2,15,19,20). The number of sulfonamides is 1. The van der Waals surface area contributed by atoms with Crippen LogP contribution in [-0.4, -0.2) is 27.4 Å². The Hall–Kier alpha value is -1.44. The van der Waals surface area contributed by atoms with Gasteiger partial charge in [0.25, 0.3) is 0 Å². The molecule has 0 radical (unpaired) electrons. The minimum Gasteiger partial charge on any atom is -0.326 e. The highest BCUT2D eigenvalue weighted by atomic mass is 32.2. The number of hydrogen-bond donors (Lipinski definition) is 3. The van der Waals surface area contributed by atoms with Crippen molar-refractivity contribution in [2.45, 2.75) is 25.2 Å². The average Bonchev–Trinajstić information content (AvgIpc) is 2.88. The van der Waals surface area contributed by atoms with Crippen molar-refractivity contribution >= 4 is 21.6 Å². The highest BCUT2D eigenvalue weighted by Gasteiger charge is 2.43. The zero-order valence-corrected chi connectivity index (χ0v) is 13.0. The number of carbonyl (C=O) groups is 1. The van der Waals surface area contributed by atoms with Crippen LogP contribution >= 0.6 is 0 Å². The summed E-state index contributed by atoms with van der Waals surface area (Å²) >= 11 is 0. The normalized spacial score (nSPS) is 22.5. The summed E-state index contributed by atoms with van der Waals surface area (Å²) in [6.45, 7) is 5.48. The number of nitrogens with two attached hydrogens (primary N) is 1. The van der Waals surface area contributed by atoms with E-state index in [4.69, 9.17) is 5.14 Å². The van der Waals surface area contributed by atoms with Crippen LogP contribution in [0.15, 0.2) is 29.2 Å². The Morgan fingerprint density at radius 2 is 2.14 bits per heavy atom. The van der Waals surface area contributed by atoms with Crippen molar-refractivity contribution in [1.82, 2.24) is 5.32 Å². The van der Waals surface area contributed by atoms with E-state index in [2.05, 4.69) is 10.6 Å². The van der Waals surface area contributed by atoms with Crippen LogP contribution in [0, 0.1) is 11.3 Å². The monoisotopic (exact) mass is 311 g/mol. The molecular weight excluding hydrogens is 290 g/mol. The molecule has 1 saturated heterocycles. The lowest BCUT2D eigenvalue weighted by Gasteiger charge is -2.31. The number of benzene rings is 1. The highest BCUT2D eigenvalue weighted by molar-refractivity contribution is 7.89. The molecule has 0 aliphatic carbocycles.